The maximum Gasteiger partial charge on any atom is 0.238 e. The molecular weight excluding hydrogens is 254 g/mol. The Balaban J connectivity index is 2.95. The molecule has 0 aliphatic carbocycles. The van der Waals surface area contributed by atoms with Gasteiger partial charge in [0.15, 0.2) is 0 Å². The monoisotopic (exact) mass is 271 g/mol. The van der Waals surface area contributed by atoms with E-state index in [1.807, 2.05) is 13.0 Å². The Morgan fingerprint density at radius 3 is 2.44 bits per heavy atom. The highest BCUT2D eigenvalue weighted by Crippen LogP contribution is 2.29. The molecule has 1 aromatic carbocycles. The standard InChI is InChI=1S/C13H18ClNO3/c1-8(14)13(16)15-9(2)11-7-10(17-3)5-6-12(11)18-4/h5-9H,1-4H3,(H,15,16)/t8-,9+/m1/s1. The number of carbonyl (C=O) groups is 1. The summed E-state index contributed by atoms with van der Waals surface area (Å²) in [5, 5.41) is 2.25. The van der Waals surface area contributed by atoms with Crippen molar-refractivity contribution in [2.75, 3.05) is 14.2 Å². The molecule has 0 unspecified atom stereocenters. The highest BCUT2D eigenvalue weighted by atomic mass is 35.5. The number of hydrogen-bond donors (Lipinski definition) is 1. The number of benzene rings is 1. The zero-order valence-electron chi connectivity index (χ0n) is 11.0. The van der Waals surface area contributed by atoms with E-state index in [9.17, 15) is 4.79 Å². The Kier molecular flexibility index (Phi) is 5.28. The van der Waals surface area contributed by atoms with Gasteiger partial charge in [0, 0.05) is 5.56 Å². The lowest BCUT2D eigenvalue weighted by Gasteiger charge is -2.18. The fraction of sp³-hybridized carbons (Fsp3) is 0.462. The van der Waals surface area contributed by atoms with Gasteiger partial charge >= 0.3 is 0 Å². The Labute approximate surface area is 112 Å². The van der Waals surface area contributed by atoms with Gasteiger partial charge in [-0.05, 0) is 32.0 Å². The van der Waals surface area contributed by atoms with E-state index in [2.05, 4.69) is 5.32 Å². The zero-order chi connectivity index (χ0) is 13.7. The summed E-state index contributed by atoms with van der Waals surface area (Å²) < 4.78 is 10.4. The molecule has 0 aliphatic rings. The van der Waals surface area contributed by atoms with Crippen molar-refractivity contribution in [3.05, 3.63) is 23.8 Å². The predicted octanol–water partition coefficient (Wildman–Crippen LogP) is 2.51. The summed E-state index contributed by atoms with van der Waals surface area (Å²) in [7, 11) is 3.18. The summed E-state index contributed by atoms with van der Waals surface area (Å²) in [6.07, 6.45) is 0. The smallest absolute Gasteiger partial charge is 0.238 e. The Hall–Kier alpha value is -1.42. The fourth-order valence-electron chi connectivity index (χ4n) is 1.58. The topological polar surface area (TPSA) is 47.6 Å². The zero-order valence-corrected chi connectivity index (χ0v) is 11.7. The van der Waals surface area contributed by atoms with Gasteiger partial charge < -0.3 is 14.8 Å². The molecule has 100 valence electrons. The molecule has 1 N–H and O–H groups in total. The number of rotatable bonds is 5. The van der Waals surface area contributed by atoms with Crippen LogP contribution in [-0.2, 0) is 4.79 Å². The van der Waals surface area contributed by atoms with E-state index in [0.717, 1.165) is 5.56 Å². The van der Waals surface area contributed by atoms with Gasteiger partial charge in [-0.1, -0.05) is 0 Å². The highest BCUT2D eigenvalue weighted by Gasteiger charge is 2.17. The molecule has 0 heterocycles. The molecule has 0 radical (unpaired) electrons. The number of halogens is 1. The summed E-state index contributed by atoms with van der Waals surface area (Å²) in [5.74, 6) is 1.20. The first-order chi connectivity index (χ1) is 8.49. The molecule has 4 nitrogen and oxygen atoms in total. The van der Waals surface area contributed by atoms with Crippen molar-refractivity contribution < 1.29 is 14.3 Å². The molecule has 1 aromatic rings. The third-order valence-electron chi connectivity index (χ3n) is 2.62. The molecule has 0 spiro atoms. The van der Waals surface area contributed by atoms with E-state index in [-0.39, 0.29) is 11.9 Å². The van der Waals surface area contributed by atoms with Crippen LogP contribution in [0.4, 0.5) is 0 Å². The molecule has 0 bridgehead atoms. The van der Waals surface area contributed by atoms with Crippen LogP contribution >= 0.6 is 11.6 Å². The lowest BCUT2D eigenvalue weighted by molar-refractivity contribution is -0.121. The van der Waals surface area contributed by atoms with Crippen LogP contribution < -0.4 is 14.8 Å². The summed E-state index contributed by atoms with van der Waals surface area (Å²) in [6, 6.07) is 5.24. The molecule has 0 fully saturated rings. The molecular formula is C13H18ClNO3. The minimum Gasteiger partial charge on any atom is -0.497 e. The van der Waals surface area contributed by atoms with Crippen LogP contribution in [0.15, 0.2) is 18.2 Å². The molecule has 0 aliphatic heterocycles. The van der Waals surface area contributed by atoms with E-state index in [1.54, 1.807) is 33.3 Å². The molecule has 0 saturated heterocycles. The minimum absolute atomic E-state index is 0.205. The van der Waals surface area contributed by atoms with Crippen LogP contribution in [0.2, 0.25) is 0 Å². The third kappa shape index (κ3) is 3.53. The number of carbonyl (C=O) groups excluding carboxylic acids is 1. The van der Waals surface area contributed by atoms with Gasteiger partial charge in [0.1, 0.15) is 16.9 Å². The average molecular weight is 272 g/mol. The molecule has 0 saturated carbocycles. The summed E-state index contributed by atoms with van der Waals surface area (Å²) in [6.45, 7) is 3.50. The van der Waals surface area contributed by atoms with Crippen molar-refractivity contribution >= 4 is 17.5 Å². The van der Waals surface area contributed by atoms with E-state index >= 15 is 0 Å². The lowest BCUT2D eigenvalue weighted by Crippen LogP contribution is -2.32. The number of methoxy groups -OCH3 is 2. The van der Waals surface area contributed by atoms with Gasteiger partial charge in [-0.15, -0.1) is 11.6 Å². The second kappa shape index (κ2) is 6.50. The predicted molar refractivity (Wildman–Crippen MR) is 71.4 cm³/mol. The van der Waals surface area contributed by atoms with Crippen molar-refractivity contribution in [3.63, 3.8) is 0 Å². The summed E-state index contributed by atoms with van der Waals surface area (Å²) >= 11 is 5.72. The van der Waals surface area contributed by atoms with Gasteiger partial charge in [0.05, 0.1) is 20.3 Å². The van der Waals surface area contributed by atoms with Crippen molar-refractivity contribution in [1.82, 2.24) is 5.32 Å². The molecule has 18 heavy (non-hydrogen) atoms. The maximum atomic E-state index is 11.6. The number of amides is 1. The maximum absolute atomic E-state index is 11.6. The van der Waals surface area contributed by atoms with E-state index < -0.39 is 5.38 Å². The lowest BCUT2D eigenvalue weighted by atomic mass is 10.1. The molecule has 0 aromatic heterocycles. The summed E-state index contributed by atoms with van der Waals surface area (Å²) in [4.78, 5) is 11.6. The first kappa shape index (κ1) is 14.6. The van der Waals surface area contributed by atoms with Crippen LogP contribution in [-0.4, -0.2) is 25.5 Å². The van der Waals surface area contributed by atoms with Gasteiger partial charge in [0.25, 0.3) is 0 Å². The second-order valence-electron chi connectivity index (χ2n) is 3.95. The Morgan fingerprint density at radius 2 is 1.94 bits per heavy atom. The van der Waals surface area contributed by atoms with Crippen LogP contribution in [0.3, 0.4) is 0 Å². The highest BCUT2D eigenvalue weighted by molar-refractivity contribution is 6.30. The van der Waals surface area contributed by atoms with Crippen molar-refractivity contribution in [3.8, 4) is 11.5 Å². The van der Waals surface area contributed by atoms with Gasteiger partial charge in [-0.2, -0.15) is 0 Å². The van der Waals surface area contributed by atoms with E-state index in [1.165, 1.54) is 0 Å². The van der Waals surface area contributed by atoms with Gasteiger partial charge in [-0.25, -0.2) is 0 Å². The van der Waals surface area contributed by atoms with Crippen molar-refractivity contribution in [2.45, 2.75) is 25.3 Å². The molecule has 5 heteroatoms. The minimum atomic E-state index is -0.566. The van der Waals surface area contributed by atoms with Crippen LogP contribution in [0.25, 0.3) is 0 Å². The number of alkyl halides is 1. The quantitative estimate of drug-likeness (QED) is 0.837. The number of nitrogens with one attached hydrogen (secondary N) is 1. The SMILES string of the molecule is COc1ccc(OC)c([C@H](C)NC(=O)[C@@H](C)Cl)c1. The second-order valence-corrected chi connectivity index (χ2v) is 4.61. The fourth-order valence-corrected chi connectivity index (χ4v) is 1.65. The van der Waals surface area contributed by atoms with Crippen LogP contribution in [0, 0.1) is 0 Å². The third-order valence-corrected chi connectivity index (χ3v) is 2.82. The Bertz CT molecular complexity index is 421. The molecule has 1 rings (SSSR count). The molecule has 1 amide bonds. The normalized spacial score (nSPS) is 13.6. The first-order valence-corrected chi connectivity index (χ1v) is 6.09. The first-order valence-electron chi connectivity index (χ1n) is 5.66. The van der Waals surface area contributed by atoms with Crippen molar-refractivity contribution in [1.29, 1.82) is 0 Å². The Morgan fingerprint density at radius 1 is 1.28 bits per heavy atom. The summed E-state index contributed by atoms with van der Waals surface area (Å²) in [5.41, 5.74) is 0.850. The number of hydrogen-bond acceptors (Lipinski definition) is 3. The largest absolute Gasteiger partial charge is 0.497 e. The van der Waals surface area contributed by atoms with E-state index in [4.69, 9.17) is 21.1 Å². The van der Waals surface area contributed by atoms with Crippen LogP contribution in [0.5, 0.6) is 11.5 Å². The average Bonchev–Trinajstić information content (AvgIpc) is 2.37. The number of ether oxygens (including phenoxy) is 2. The van der Waals surface area contributed by atoms with Crippen molar-refractivity contribution in [2.24, 2.45) is 0 Å². The van der Waals surface area contributed by atoms with E-state index in [0.29, 0.717) is 11.5 Å². The van der Waals surface area contributed by atoms with Crippen LogP contribution in [0.1, 0.15) is 25.5 Å². The molecule has 2 atom stereocenters. The van der Waals surface area contributed by atoms with Gasteiger partial charge in [0.2, 0.25) is 5.91 Å². The van der Waals surface area contributed by atoms with Gasteiger partial charge in [-0.3, -0.25) is 4.79 Å².